The minimum Gasteiger partial charge on any atom is -0.507 e. The Balaban J connectivity index is 1.83. The maximum atomic E-state index is 13.1. The van der Waals surface area contributed by atoms with Gasteiger partial charge in [-0.3, -0.25) is 9.59 Å². The van der Waals surface area contributed by atoms with Crippen LogP contribution in [-0.4, -0.2) is 63.6 Å². The minimum atomic E-state index is -0.679. The number of aliphatic hydroxyl groups is 1. The van der Waals surface area contributed by atoms with Crippen molar-refractivity contribution in [1.29, 1.82) is 0 Å². The van der Waals surface area contributed by atoms with Crippen LogP contribution >= 0.6 is 0 Å². The van der Waals surface area contributed by atoms with E-state index in [1.807, 2.05) is 86.6 Å². The lowest BCUT2D eigenvalue weighted by atomic mass is 9.95. The van der Waals surface area contributed by atoms with Crippen LogP contribution in [0.3, 0.4) is 0 Å². The Hall–Kier alpha value is -3.71. The molecule has 2 heterocycles. The number of benzene rings is 2. The number of hydrogen-bond donors (Lipinski definition) is 1. The molecule has 1 amide bonds. The molecule has 1 fully saturated rings. The third-order valence-electron chi connectivity index (χ3n) is 5.71. The number of likely N-dealkylation sites (tertiary alicyclic amines) is 1. The molecule has 7 heteroatoms. The summed E-state index contributed by atoms with van der Waals surface area (Å²) < 4.78 is 1.70. The molecule has 1 aliphatic rings. The molecule has 7 nitrogen and oxygen atoms in total. The summed E-state index contributed by atoms with van der Waals surface area (Å²) in [5.74, 6) is -1.48. The highest BCUT2D eigenvalue weighted by atomic mass is 16.3. The van der Waals surface area contributed by atoms with Gasteiger partial charge in [-0.2, -0.15) is 5.10 Å². The average molecular weight is 431 g/mol. The predicted molar refractivity (Wildman–Crippen MR) is 122 cm³/mol. The summed E-state index contributed by atoms with van der Waals surface area (Å²) in [6, 6.07) is 18.2. The van der Waals surface area contributed by atoms with Gasteiger partial charge in [-0.05, 0) is 38.7 Å². The fraction of sp³-hybridized carbons (Fsp3) is 0.240. The van der Waals surface area contributed by atoms with Crippen molar-refractivity contribution in [2.24, 2.45) is 0 Å². The van der Waals surface area contributed by atoms with Crippen LogP contribution in [0.2, 0.25) is 0 Å². The largest absolute Gasteiger partial charge is 0.507 e. The Morgan fingerprint density at radius 2 is 1.66 bits per heavy atom. The molecule has 0 bridgehead atoms. The lowest BCUT2D eigenvalue weighted by Crippen LogP contribution is -2.35. The van der Waals surface area contributed by atoms with Gasteiger partial charge in [0.05, 0.1) is 34.8 Å². The zero-order valence-electron chi connectivity index (χ0n) is 18.4. The molecular formula is C25H26N4O3. The molecule has 1 atom stereocenters. The zero-order chi connectivity index (χ0) is 22.8. The van der Waals surface area contributed by atoms with Gasteiger partial charge in [0.2, 0.25) is 0 Å². The molecule has 2 aromatic carbocycles. The summed E-state index contributed by atoms with van der Waals surface area (Å²) in [6.07, 6.45) is 1.53. The van der Waals surface area contributed by atoms with Crippen molar-refractivity contribution in [1.82, 2.24) is 19.6 Å². The Bertz CT molecular complexity index is 1170. The van der Waals surface area contributed by atoms with Crippen molar-refractivity contribution in [3.05, 3.63) is 89.3 Å². The molecule has 0 aliphatic carbocycles. The summed E-state index contributed by atoms with van der Waals surface area (Å²) in [7, 11) is 3.82. The number of aromatic nitrogens is 2. The van der Waals surface area contributed by atoms with Gasteiger partial charge in [0.1, 0.15) is 5.76 Å². The van der Waals surface area contributed by atoms with Gasteiger partial charge in [-0.1, -0.05) is 48.5 Å². The SMILES string of the molecule is Cc1c(/C(O)=C2\C(=O)C(=O)N(CCN(C)C)[C@@H]2c2ccccc2)cnn1-c1ccccc1. The third kappa shape index (κ3) is 3.83. The third-order valence-corrected chi connectivity index (χ3v) is 5.71. The summed E-state index contributed by atoms with van der Waals surface area (Å²) in [6.45, 7) is 2.80. The predicted octanol–water partition coefficient (Wildman–Crippen LogP) is 3.16. The van der Waals surface area contributed by atoms with E-state index in [0.717, 1.165) is 11.3 Å². The first-order valence-electron chi connectivity index (χ1n) is 10.5. The first-order valence-corrected chi connectivity index (χ1v) is 10.5. The highest BCUT2D eigenvalue weighted by Crippen LogP contribution is 2.39. The van der Waals surface area contributed by atoms with Gasteiger partial charge in [-0.15, -0.1) is 0 Å². The van der Waals surface area contributed by atoms with Crippen LogP contribution in [0.25, 0.3) is 11.4 Å². The molecule has 3 aromatic rings. The highest BCUT2D eigenvalue weighted by Gasteiger charge is 2.46. The lowest BCUT2D eigenvalue weighted by Gasteiger charge is -2.26. The van der Waals surface area contributed by atoms with E-state index < -0.39 is 17.7 Å². The quantitative estimate of drug-likeness (QED) is 0.369. The van der Waals surface area contributed by atoms with Crippen molar-refractivity contribution in [3.63, 3.8) is 0 Å². The van der Waals surface area contributed by atoms with Crippen LogP contribution in [0.4, 0.5) is 0 Å². The number of rotatable bonds is 6. The molecule has 1 N–H and O–H groups in total. The van der Waals surface area contributed by atoms with E-state index in [1.54, 1.807) is 9.58 Å². The minimum absolute atomic E-state index is 0.0932. The second-order valence-electron chi connectivity index (χ2n) is 8.10. The van der Waals surface area contributed by atoms with Gasteiger partial charge in [-0.25, -0.2) is 4.68 Å². The van der Waals surface area contributed by atoms with E-state index in [2.05, 4.69) is 5.10 Å². The van der Waals surface area contributed by atoms with Crippen LogP contribution in [-0.2, 0) is 9.59 Å². The molecule has 0 spiro atoms. The van der Waals surface area contributed by atoms with Crippen LogP contribution in [0.1, 0.15) is 22.9 Å². The fourth-order valence-corrected chi connectivity index (χ4v) is 4.02. The van der Waals surface area contributed by atoms with Crippen molar-refractivity contribution in [2.75, 3.05) is 27.2 Å². The van der Waals surface area contributed by atoms with Gasteiger partial charge in [0, 0.05) is 13.1 Å². The van der Waals surface area contributed by atoms with Crippen molar-refractivity contribution < 1.29 is 14.7 Å². The fourth-order valence-electron chi connectivity index (χ4n) is 4.02. The smallest absolute Gasteiger partial charge is 0.295 e. The van der Waals surface area contributed by atoms with Crippen molar-refractivity contribution >= 4 is 17.4 Å². The van der Waals surface area contributed by atoms with Gasteiger partial charge >= 0.3 is 0 Å². The van der Waals surface area contributed by atoms with E-state index in [1.165, 1.54) is 6.20 Å². The number of likely N-dealkylation sites (N-methyl/N-ethyl adjacent to an activating group) is 1. The number of amides is 1. The second-order valence-corrected chi connectivity index (χ2v) is 8.10. The molecule has 0 radical (unpaired) electrons. The monoisotopic (exact) mass is 430 g/mol. The Morgan fingerprint density at radius 1 is 1.03 bits per heavy atom. The number of ketones is 1. The zero-order valence-corrected chi connectivity index (χ0v) is 18.4. The Kier molecular flexibility index (Phi) is 5.92. The topological polar surface area (TPSA) is 78.7 Å². The van der Waals surface area contributed by atoms with Gasteiger partial charge in [0.15, 0.2) is 0 Å². The molecule has 1 aromatic heterocycles. The van der Waals surface area contributed by atoms with Crippen LogP contribution in [0, 0.1) is 6.92 Å². The lowest BCUT2D eigenvalue weighted by molar-refractivity contribution is -0.140. The number of nitrogens with zero attached hydrogens (tertiary/aromatic N) is 4. The Morgan fingerprint density at radius 3 is 2.28 bits per heavy atom. The number of carbonyl (C=O) groups excluding carboxylic acids is 2. The highest BCUT2D eigenvalue weighted by molar-refractivity contribution is 6.46. The number of para-hydroxylation sites is 1. The maximum Gasteiger partial charge on any atom is 0.295 e. The molecule has 32 heavy (non-hydrogen) atoms. The van der Waals surface area contributed by atoms with E-state index in [0.29, 0.717) is 24.3 Å². The average Bonchev–Trinajstić information content (AvgIpc) is 3.30. The second kappa shape index (κ2) is 8.80. The van der Waals surface area contributed by atoms with Crippen LogP contribution in [0.5, 0.6) is 0 Å². The summed E-state index contributed by atoms with van der Waals surface area (Å²) in [5.41, 5.74) is 2.83. The standard InChI is InChI=1S/C25H26N4O3/c1-17-20(16-26-29(17)19-12-8-5-9-13-19)23(30)21-22(18-10-6-4-7-11-18)28(15-14-27(2)3)25(32)24(21)31/h4-13,16,22,30H,14-15H2,1-3H3/b23-21+/t22-/m1/s1. The van der Waals surface area contributed by atoms with E-state index in [-0.39, 0.29) is 11.3 Å². The number of aliphatic hydroxyl groups excluding tert-OH is 1. The van der Waals surface area contributed by atoms with E-state index in [4.69, 9.17) is 0 Å². The van der Waals surface area contributed by atoms with Crippen LogP contribution < -0.4 is 0 Å². The normalized spacial score (nSPS) is 18.0. The van der Waals surface area contributed by atoms with Crippen molar-refractivity contribution in [2.45, 2.75) is 13.0 Å². The molecule has 1 aliphatic heterocycles. The number of hydrogen-bond acceptors (Lipinski definition) is 5. The summed E-state index contributed by atoms with van der Waals surface area (Å²) in [4.78, 5) is 29.5. The number of carbonyl (C=O) groups is 2. The number of Topliss-reactive ketones (excluding diaryl/α,β-unsaturated/α-hetero) is 1. The first kappa shape index (κ1) is 21.5. The molecule has 0 unspecified atom stereocenters. The maximum absolute atomic E-state index is 13.1. The molecule has 164 valence electrons. The summed E-state index contributed by atoms with van der Waals surface area (Å²) in [5, 5.41) is 15.7. The molecular weight excluding hydrogens is 404 g/mol. The molecule has 0 saturated carbocycles. The van der Waals surface area contributed by atoms with E-state index in [9.17, 15) is 14.7 Å². The molecule has 1 saturated heterocycles. The van der Waals surface area contributed by atoms with Gasteiger partial charge < -0.3 is 14.9 Å². The van der Waals surface area contributed by atoms with Gasteiger partial charge in [0.25, 0.3) is 11.7 Å². The first-order chi connectivity index (χ1) is 15.4. The molecule has 4 rings (SSSR count). The van der Waals surface area contributed by atoms with Crippen molar-refractivity contribution in [3.8, 4) is 5.69 Å². The Labute approximate surface area is 187 Å². The van der Waals surface area contributed by atoms with Crippen LogP contribution in [0.15, 0.2) is 72.4 Å². The van der Waals surface area contributed by atoms with E-state index >= 15 is 0 Å². The summed E-state index contributed by atoms with van der Waals surface area (Å²) >= 11 is 0.